The van der Waals surface area contributed by atoms with Gasteiger partial charge in [-0.1, -0.05) is 30.3 Å². The summed E-state index contributed by atoms with van der Waals surface area (Å²) in [6.45, 7) is 5.41. The summed E-state index contributed by atoms with van der Waals surface area (Å²) in [6, 6.07) is 18.5. The van der Waals surface area contributed by atoms with Crippen LogP contribution in [0.2, 0.25) is 0 Å². The van der Waals surface area contributed by atoms with Crippen LogP contribution in [0.15, 0.2) is 71.7 Å². The number of anilines is 1. The number of nitrogens with zero attached hydrogens (tertiary/aromatic N) is 5. The molecule has 0 fully saturated rings. The Hall–Kier alpha value is -4.73. The Bertz CT molecular complexity index is 1580. The van der Waals surface area contributed by atoms with Crippen LogP contribution in [0.3, 0.4) is 0 Å². The van der Waals surface area contributed by atoms with Gasteiger partial charge in [0.25, 0.3) is 11.5 Å². The smallest absolute Gasteiger partial charge is 0.266 e. The molecule has 0 radical (unpaired) electrons. The van der Waals surface area contributed by atoms with Crippen LogP contribution in [0.5, 0.6) is 5.75 Å². The molecular formula is C25H23N7O3. The predicted molar refractivity (Wildman–Crippen MR) is 131 cm³/mol. The highest BCUT2D eigenvalue weighted by atomic mass is 16.5. The number of hydrogen-bond donors (Lipinski definition) is 2. The first-order valence-corrected chi connectivity index (χ1v) is 11.0. The Morgan fingerprint density at radius 1 is 1.06 bits per heavy atom. The number of amides is 1. The number of carbonyl (C=O) groups excluding carboxylic acids is 1. The first kappa shape index (κ1) is 22.1. The minimum Gasteiger partial charge on any atom is -0.481 e. The minimum absolute atomic E-state index is 0.150. The second-order valence-electron chi connectivity index (χ2n) is 8.17. The minimum atomic E-state index is -0.765. The number of carbonyl (C=O) groups is 1. The van der Waals surface area contributed by atoms with Crippen molar-refractivity contribution in [1.82, 2.24) is 29.5 Å². The molecule has 0 saturated heterocycles. The Morgan fingerprint density at radius 3 is 2.63 bits per heavy atom. The van der Waals surface area contributed by atoms with Gasteiger partial charge in [0.15, 0.2) is 11.8 Å². The topological polar surface area (TPSA) is 120 Å². The van der Waals surface area contributed by atoms with Gasteiger partial charge in [0.1, 0.15) is 17.0 Å². The van der Waals surface area contributed by atoms with Gasteiger partial charge in [-0.2, -0.15) is 19.9 Å². The molecule has 10 nitrogen and oxygen atoms in total. The molecule has 176 valence electrons. The van der Waals surface area contributed by atoms with Gasteiger partial charge in [-0.3, -0.25) is 14.6 Å². The van der Waals surface area contributed by atoms with E-state index in [0.29, 0.717) is 28.3 Å². The van der Waals surface area contributed by atoms with Gasteiger partial charge in [-0.15, -0.1) is 0 Å². The molecule has 0 bridgehead atoms. The Labute approximate surface area is 200 Å². The van der Waals surface area contributed by atoms with Crippen molar-refractivity contribution in [2.24, 2.45) is 0 Å². The molecule has 0 saturated carbocycles. The van der Waals surface area contributed by atoms with E-state index in [1.807, 2.05) is 49.4 Å². The maximum absolute atomic E-state index is 12.8. The molecule has 0 aliphatic carbocycles. The zero-order chi connectivity index (χ0) is 24.5. The molecular weight excluding hydrogens is 446 g/mol. The van der Waals surface area contributed by atoms with Gasteiger partial charge in [0.05, 0.1) is 17.6 Å². The molecule has 2 N–H and O–H groups in total. The van der Waals surface area contributed by atoms with Crippen LogP contribution >= 0.6 is 0 Å². The summed E-state index contributed by atoms with van der Waals surface area (Å²) >= 11 is 0. The second kappa shape index (κ2) is 8.90. The van der Waals surface area contributed by atoms with Crippen LogP contribution in [0, 0.1) is 13.8 Å². The third-order valence-electron chi connectivity index (χ3n) is 5.38. The molecule has 5 rings (SSSR count). The van der Waals surface area contributed by atoms with Gasteiger partial charge in [-0.05, 0) is 50.6 Å². The zero-order valence-electron chi connectivity index (χ0n) is 19.4. The van der Waals surface area contributed by atoms with Crippen molar-refractivity contribution in [2.75, 3.05) is 5.32 Å². The number of aryl methyl sites for hydroxylation is 2. The van der Waals surface area contributed by atoms with E-state index in [2.05, 4.69) is 25.5 Å². The highest BCUT2D eigenvalue weighted by molar-refractivity contribution is 5.93. The molecule has 35 heavy (non-hydrogen) atoms. The maximum Gasteiger partial charge on any atom is 0.266 e. The zero-order valence-corrected chi connectivity index (χ0v) is 19.4. The summed E-state index contributed by atoms with van der Waals surface area (Å²) in [5.41, 5.74) is 2.47. The summed E-state index contributed by atoms with van der Waals surface area (Å²) in [6.07, 6.45) is 0.714. The van der Waals surface area contributed by atoms with Crippen molar-refractivity contribution in [1.29, 1.82) is 0 Å². The number of para-hydroxylation sites is 1. The Kier molecular flexibility index (Phi) is 5.61. The van der Waals surface area contributed by atoms with Gasteiger partial charge < -0.3 is 10.1 Å². The number of aromatic amines is 1. The van der Waals surface area contributed by atoms with E-state index < -0.39 is 6.10 Å². The normalized spacial score (nSPS) is 12.0. The largest absolute Gasteiger partial charge is 0.481 e. The number of benzene rings is 2. The van der Waals surface area contributed by atoms with Crippen molar-refractivity contribution in [2.45, 2.75) is 26.9 Å². The molecule has 3 heterocycles. The van der Waals surface area contributed by atoms with Crippen LogP contribution in [-0.4, -0.2) is 41.5 Å². The molecule has 3 aromatic heterocycles. The maximum atomic E-state index is 12.8. The van der Waals surface area contributed by atoms with Crippen molar-refractivity contribution in [3.63, 3.8) is 0 Å². The van der Waals surface area contributed by atoms with E-state index in [1.165, 1.54) is 10.9 Å². The number of hydrogen-bond acceptors (Lipinski definition) is 6. The lowest BCUT2D eigenvalue weighted by atomic mass is 10.2. The molecule has 0 aliphatic heterocycles. The van der Waals surface area contributed by atoms with E-state index in [9.17, 15) is 9.59 Å². The molecule has 2 aromatic carbocycles. The summed E-state index contributed by atoms with van der Waals surface area (Å²) in [7, 11) is 0. The number of ether oxygens (including phenoxy) is 1. The van der Waals surface area contributed by atoms with E-state index in [0.717, 1.165) is 11.3 Å². The molecule has 1 atom stereocenters. The standard InChI is InChI=1S/C25H23N7O3/c1-15-8-7-9-18(12-15)31-22-20(14-26-31)24(34)29-25(28-22)32-21(13-16(2)30-32)27-23(33)17(3)35-19-10-5-4-6-11-19/h4-14,17H,1-3H3,(H,27,33)(H,28,29,34)/t17-/m0/s1. The highest BCUT2D eigenvalue weighted by Crippen LogP contribution is 2.19. The third-order valence-corrected chi connectivity index (χ3v) is 5.38. The van der Waals surface area contributed by atoms with Gasteiger partial charge in [0.2, 0.25) is 5.95 Å². The first-order chi connectivity index (χ1) is 16.9. The third kappa shape index (κ3) is 4.41. The van der Waals surface area contributed by atoms with E-state index in [-0.39, 0.29) is 17.4 Å². The lowest BCUT2D eigenvalue weighted by Gasteiger charge is -2.15. The van der Waals surface area contributed by atoms with E-state index in [1.54, 1.807) is 36.7 Å². The SMILES string of the molecule is Cc1cccc(-n2ncc3c(=O)[nH]c(-n4nc(C)cc4NC(=O)[C@H](C)Oc4ccccc4)nc32)c1. The number of fused-ring (bicyclic) bond motifs is 1. The van der Waals surface area contributed by atoms with E-state index >= 15 is 0 Å². The fraction of sp³-hybridized carbons (Fsp3) is 0.160. The molecule has 0 unspecified atom stereocenters. The predicted octanol–water partition coefficient (Wildman–Crippen LogP) is 3.32. The van der Waals surface area contributed by atoms with Crippen molar-refractivity contribution < 1.29 is 9.53 Å². The molecule has 5 aromatic rings. The molecule has 10 heteroatoms. The first-order valence-electron chi connectivity index (χ1n) is 11.0. The van der Waals surface area contributed by atoms with Gasteiger partial charge >= 0.3 is 0 Å². The van der Waals surface area contributed by atoms with Gasteiger partial charge in [0, 0.05) is 6.07 Å². The van der Waals surface area contributed by atoms with Crippen molar-refractivity contribution in [3.8, 4) is 17.4 Å². The summed E-state index contributed by atoms with van der Waals surface area (Å²) in [5.74, 6) is 0.709. The lowest BCUT2D eigenvalue weighted by Crippen LogP contribution is -2.31. The summed E-state index contributed by atoms with van der Waals surface area (Å²) in [4.78, 5) is 33.0. The van der Waals surface area contributed by atoms with Crippen LogP contribution in [-0.2, 0) is 4.79 Å². The molecule has 0 spiro atoms. The number of aromatic nitrogens is 6. The van der Waals surface area contributed by atoms with Crippen LogP contribution in [0.4, 0.5) is 5.82 Å². The van der Waals surface area contributed by atoms with Crippen molar-refractivity contribution in [3.05, 3.63) is 88.5 Å². The van der Waals surface area contributed by atoms with E-state index in [4.69, 9.17) is 4.74 Å². The van der Waals surface area contributed by atoms with Crippen LogP contribution < -0.4 is 15.6 Å². The van der Waals surface area contributed by atoms with Crippen LogP contribution in [0.25, 0.3) is 22.7 Å². The Morgan fingerprint density at radius 2 is 1.86 bits per heavy atom. The van der Waals surface area contributed by atoms with Crippen molar-refractivity contribution >= 4 is 22.8 Å². The van der Waals surface area contributed by atoms with Crippen LogP contribution in [0.1, 0.15) is 18.2 Å². The Balaban J connectivity index is 1.49. The molecule has 0 aliphatic rings. The highest BCUT2D eigenvalue weighted by Gasteiger charge is 2.20. The number of rotatable bonds is 6. The molecule has 1 amide bonds. The quantitative estimate of drug-likeness (QED) is 0.394. The van der Waals surface area contributed by atoms with Gasteiger partial charge in [-0.25, -0.2) is 4.68 Å². The average molecular weight is 470 g/mol. The second-order valence-corrected chi connectivity index (χ2v) is 8.17. The fourth-order valence-electron chi connectivity index (χ4n) is 3.69. The number of nitrogens with one attached hydrogen (secondary N) is 2. The average Bonchev–Trinajstić information content (AvgIpc) is 3.43. The summed E-state index contributed by atoms with van der Waals surface area (Å²) in [5, 5.41) is 11.9. The lowest BCUT2D eigenvalue weighted by molar-refractivity contribution is -0.122. The fourth-order valence-corrected chi connectivity index (χ4v) is 3.69. The summed E-state index contributed by atoms with van der Waals surface area (Å²) < 4.78 is 8.70. The monoisotopic (exact) mass is 469 g/mol. The number of H-pyrrole nitrogens is 1.